The van der Waals surface area contributed by atoms with E-state index in [1.54, 1.807) is 7.11 Å². The molecule has 56 heavy (non-hydrogen) atoms. The Morgan fingerprint density at radius 1 is 0.482 bits per heavy atom. The van der Waals surface area contributed by atoms with Gasteiger partial charge < -0.3 is 24.3 Å². The summed E-state index contributed by atoms with van der Waals surface area (Å²) in [6, 6.07) is 0. The summed E-state index contributed by atoms with van der Waals surface area (Å²) in [6.45, 7) is 14.2. The highest BCUT2D eigenvalue weighted by molar-refractivity contribution is 5.72. The van der Waals surface area contributed by atoms with Crippen molar-refractivity contribution in [3.63, 3.8) is 0 Å². The van der Waals surface area contributed by atoms with Crippen molar-refractivity contribution in [1.82, 2.24) is 4.90 Å². The Balaban J connectivity index is 0. The van der Waals surface area contributed by atoms with E-state index in [0.29, 0.717) is 19.1 Å². The average molecular weight is 796 g/mol. The van der Waals surface area contributed by atoms with Gasteiger partial charge in [-0.25, -0.2) is 0 Å². The molecular weight excluding hydrogens is 695 g/mol. The number of aliphatic hydroxyl groups is 1. The second-order valence-corrected chi connectivity index (χ2v) is 17.0. The monoisotopic (exact) mass is 796 g/mol. The number of ether oxygens (including phenoxy) is 2. The van der Waals surface area contributed by atoms with E-state index in [-0.39, 0.29) is 11.9 Å². The minimum absolute atomic E-state index is 0.0691. The highest BCUT2D eigenvalue weighted by Crippen LogP contribution is 2.21. The summed E-state index contributed by atoms with van der Waals surface area (Å²) in [6.07, 6.45) is 43.9. The molecule has 0 bridgehead atoms. The molecule has 336 valence electrons. The van der Waals surface area contributed by atoms with Crippen LogP contribution < -0.4 is 0 Å². The number of rotatable bonds is 45. The lowest BCUT2D eigenvalue weighted by Gasteiger charge is -2.22. The molecule has 0 spiro atoms. The molecule has 0 heterocycles. The summed E-state index contributed by atoms with van der Waals surface area (Å²) < 4.78 is 10.9. The first-order chi connectivity index (χ1) is 27.5. The summed E-state index contributed by atoms with van der Waals surface area (Å²) in [7, 11) is 1.78. The zero-order valence-electron chi connectivity index (χ0n) is 38.8. The number of methoxy groups -OCH3 is 1. The summed E-state index contributed by atoms with van der Waals surface area (Å²) in [5.74, 6) is 0.527. The molecule has 0 aromatic rings. The Morgan fingerprint density at radius 2 is 0.839 bits per heavy atom. The van der Waals surface area contributed by atoms with Crippen LogP contribution >= 0.6 is 0 Å². The molecule has 0 rings (SSSR count). The minimum Gasteiger partial charge on any atom is -0.465 e. The molecule has 0 aliphatic heterocycles. The van der Waals surface area contributed by atoms with Crippen LogP contribution in [0.2, 0.25) is 0 Å². The third-order valence-corrected chi connectivity index (χ3v) is 11.5. The normalized spacial score (nSPS) is 12.4. The van der Waals surface area contributed by atoms with Crippen LogP contribution in [-0.2, 0) is 19.1 Å². The van der Waals surface area contributed by atoms with Gasteiger partial charge in [-0.1, -0.05) is 182 Å². The fraction of sp³-hybridized carbons (Fsp3) is 0.960. The van der Waals surface area contributed by atoms with E-state index < -0.39 is 0 Å². The van der Waals surface area contributed by atoms with Gasteiger partial charge in [0, 0.05) is 26.2 Å². The standard InChI is InChI=1S/C34H69NO4.C16H32O/c1-4-6-8-10-11-18-26-33(25-17-9-7-5-2)34(37)39-32-24-15-13-20-28-35(29-21-16-22-30-36)27-19-12-14-23-31-38-3;1-3-5-7-9-10-12-14-16(15-17)13-11-8-6-4-2/h33,36H,4-32H2,1-3H3;15-16H,3-14H2,1-2H3. The van der Waals surface area contributed by atoms with Crippen molar-refractivity contribution in [2.45, 2.75) is 252 Å². The summed E-state index contributed by atoms with van der Waals surface area (Å²) in [5, 5.41) is 9.06. The quantitative estimate of drug-likeness (QED) is 0.0376. The number of carbonyl (C=O) groups excluding carboxylic acids is 2. The Bertz CT molecular complexity index is 749. The Labute approximate surface area is 351 Å². The van der Waals surface area contributed by atoms with Crippen LogP contribution in [0.25, 0.3) is 0 Å². The molecule has 0 aromatic heterocycles. The summed E-state index contributed by atoms with van der Waals surface area (Å²) in [4.78, 5) is 26.4. The number of aldehydes is 1. The molecule has 6 heteroatoms. The zero-order chi connectivity index (χ0) is 41.4. The molecule has 0 aromatic carbocycles. The average Bonchev–Trinajstić information content (AvgIpc) is 3.21. The fourth-order valence-corrected chi connectivity index (χ4v) is 7.65. The number of unbranched alkanes of at least 4 members (excludes halogenated alkanes) is 24. The van der Waals surface area contributed by atoms with E-state index in [2.05, 4.69) is 32.6 Å². The third-order valence-electron chi connectivity index (χ3n) is 11.5. The van der Waals surface area contributed by atoms with Crippen molar-refractivity contribution in [2.75, 3.05) is 46.6 Å². The number of nitrogens with zero attached hydrogens (tertiary/aromatic N) is 1. The Morgan fingerprint density at radius 3 is 1.27 bits per heavy atom. The van der Waals surface area contributed by atoms with E-state index in [4.69, 9.17) is 14.6 Å². The van der Waals surface area contributed by atoms with Gasteiger partial charge in [0.25, 0.3) is 0 Å². The van der Waals surface area contributed by atoms with Crippen LogP contribution in [0.15, 0.2) is 0 Å². The van der Waals surface area contributed by atoms with Gasteiger partial charge in [0.2, 0.25) is 0 Å². The van der Waals surface area contributed by atoms with Crippen LogP contribution in [0.3, 0.4) is 0 Å². The third kappa shape index (κ3) is 44.1. The molecule has 0 amide bonds. The lowest BCUT2D eigenvalue weighted by atomic mass is 9.94. The topological polar surface area (TPSA) is 76.1 Å². The van der Waals surface area contributed by atoms with Crippen LogP contribution in [0.4, 0.5) is 0 Å². The molecule has 0 saturated carbocycles. The van der Waals surface area contributed by atoms with Gasteiger partial charge in [0.15, 0.2) is 0 Å². The Kier molecular flexibility index (Phi) is 51.2. The maximum atomic E-state index is 12.8. The number of aliphatic hydroxyl groups excluding tert-OH is 1. The summed E-state index contributed by atoms with van der Waals surface area (Å²) in [5.41, 5.74) is 0. The van der Waals surface area contributed by atoms with Crippen LogP contribution in [0.1, 0.15) is 252 Å². The number of carbonyl (C=O) groups is 2. The van der Waals surface area contributed by atoms with Gasteiger partial charge in [-0.2, -0.15) is 0 Å². The minimum atomic E-state index is 0.0691. The van der Waals surface area contributed by atoms with Gasteiger partial charge in [-0.15, -0.1) is 0 Å². The molecule has 2 atom stereocenters. The first-order valence-corrected chi connectivity index (χ1v) is 25.0. The second kappa shape index (κ2) is 50.2. The maximum Gasteiger partial charge on any atom is 0.308 e. The van der Waals surface area contributed by atoms with Crippen LogP contribution in [0.5, 0.6) is 0 Å². The molecule has 0 radical (unpaired) electrons. The molecule has 2 unspecified atom stereocenters. The SMILES string of the molecule is CCCCCCCCC(C=O)CCCCCC.CCCCCCCCC(CCCCCC)C(=O)OCCCCCCN(CCCCCO)CCCCCCOC. The molecule has 1 N–H and O–H groups in total. The van der Waals surface area contributed by atoms with Crippen LogP contribution in [0, 0.1) is 11.8 Å². The predicted octanol–water partition coefficient (Wildman–Crippen LogP) is 14.6. The first kappa shape index (κ1) is 57.1. The number of hydrogen-bond donors (Lipinski definition) is 1. The van der Waals surface area contributed by atoms with Crippen molar-refractivity contribution >= 4 is 12.3 Å². The number of esters is 1. The largest absolute Gasteiger partial charge is 0.465 e. The zero-order valence-corrected chi connectivity index (χ0v) is 38.8. The maximum absolute atomic E-state index is 12.8. The lowest BCUT2D eigenvalue weighted by Crippen LogP contribution is -2.27. The summed E-state index contributed by atoms with van der Waals surface area (Å²) >= 11 is 0. The van der Waals surface area contributed by atoms with Gasteiger partial charge in [-0.3, -0.25) is 4.79 Å². The van der Waals surface area contributed by atoms with Crippen LogP contribution in [-0.4, -0.2) is 68.8 Å². The number of hydrogen-bond acceptors (Lipinski definition) is 6. The van der Waals surface area contributed by atoms with Gasteiger partial charge in [0.1, 0.15) is 6.29 Å². The molecule has 0 saturated heterocycles. The lowest BCUT2D eigenvalue weighted by molar-refractivity contribution is -0.149. The highest BCUT2D eigenvalue weighted by atomic mass is 16.5. The second-order valence-electron chi connectivity index (χ2n) is 17.0. The molecule has 0 aliphatic rings. The van der Waals surface area contributed by atoms with Crippen molar-refractivity contribution in [3.8, 4) is 0 Å². The van der Waals surface area contributed by atoms with E-state index in [9.17, 15) is 9.59 Å². The van der Waals surface area contributed by atoms with E-state index in [1.165, 1.54) is 173 Å². The van der Waals surface area contributed by atoms with Crippen molar-refractivity contribution in [3.05, 3.63) is 0 Å². The molecule has 6 nitrogen and oxygen atoms in total. The fourth-order valence-electron chi connectivity index (χ4n) is 7.65. The van der Waals surface area contributed by atoms with Crippen molar-refractivity contribution in [1.29, 1.82) is 0 Å². The van der Waals surface area contributed by atoms with E-state index in [0.717, 1.165) is 83.9 Å². The van der Waals surface area contributed by atoms with Gasteiger partial charge in [-0.05, 0) is 90.3 Å². The molecular formula is C50H101NO5. The van der Waals surface area contributed by atoms with E-state index in [1.807, 2.05) is 0 Å². The molecule has 0 aliphatic carbocycles. The molecule has 0 fully saturated rings. The smallest absolute Gasteiger partial charge is 0.308 e. The van der Waals surface area contributed by atoms with Crippen molar-refractivity contribution < 1.29 is 24.2 Å². The van der Waals surface area contributed by atoms with E-state index >= 15 is 0 Å². The van der Waals surface area contributed by atoms with Gasteiger partial charge in [0.05, 0.1) is 12.5 Å². The Hall–Kier alpha value is -0.980. The van der Waals surface area contributed by atoms with Crippen molar-refractivity contribution in [2.24, 2.45) is 11.8 Å². The predicted molar refractivity (Wildman–Crippen MR) is 244 cm³/mol. The first-order valence-electron chi connectivity index (χ1n) is 25.0. The van der Waals surface area contributed by atoms with Gasteiger partial charge >= 0.3 is 5.97 Å². The highest BCUT2D eigenvalue weighted by Gasteiger charge is 2.19.